The number of fused-ring (bicyclic) bond motifs is 7. The molecule has 7 aromatic carbocycles. The van der Waals surface area contributed by atoms with Gasteiger partial charge in [0.1, 0.15) is 0 Å². The number of benzene rings is 7. The molecule has 39 heavy (non-hydrogen) atoms. The fourth-order valence-electron chi connectivity index (χ4n) is 6.05. The number of hydrogen-bond donors (Lipinski definition) is 0. The molecule has 0 aliphatic carbocycles. The van der Waals surface area contributed by atoms with Gasteiger partial charge in [0.05, 0.1) is 11.2 Å². The maximum Gasteiger partial charge on any atom is 3.00 e. The van der Waals surface area contributed by atoms with E-state index in [1.165, 1.54) is 48.7 Å². The molecule has 0 atom stereocenters. The van der Waals surface area contributed by atoms with E-state index in [9.17, 15) is 0 Å². The molecule has 0 saturated carbocycles. The molecule has 0 fully saturated rings. The zero-order chi connectivity index (χ0) is 25.1. The topological polar surface area (TPSA) is 12.9 Å². The van der Waals surface area contributed by atoms with Crippen LogP contribution in [0, 0.1) is 0 Å². The van der Waals surface area contributed by atoms with Crippen molar-refractivity contribution in [1.82, 2.24) is 4.98 Å². The Kier molecular flexibility index (Phi) is 5.74. The van der Waals surface area contributed by atoms with Gasteiger partial charge in [0.15, 0.2) is 0 Å². The second kappa shape index (κ2) is 9.43. The summed E-state index contributed by atoms with van der Waals surface area (Å²) in [7, 11) is 0. The van der Waals surface area contributed by atoms with E-state index in [0.29, 0.717) is 0 Å². The van der Waals surface area contributed by atoms with Crippen LogP contribution in [0.1, 0.15) is 0 Å². The van der Waals surface area contributed by atoms with Crippen molar-refractivity contribution in [2.45, 2.75) is 0 Å². The Balaban J connectivity index is 0.00000253. The maximum atomic E-state index is 5.32. The van der Waals surface area contributed by atoms with Gasteiger partial charge >= 0.3 is 20.1 Å². The smallest absolute Gasteiger partial charge is 0.247 e. The first-order valence-electron chi connectivity index (χ1n) is 13.1. The third-order valence-corrected chi connectivity index (χ3v) is 7.84. The van der Waals surface area contributed by atoms with Crippen LogP contribution in [0.4, 0.5) is 0 Å². The molecule has 0 bridgehead atoms. The zero-order valence-corrected chi connectivity index (χ0v) is 23.5. The average molecular weight is 674 g/mol. The van der Waals surface area contributed by atoms with Gasteiger partial charge in [-0.1, -0.05) is 127 Å². The summed E-state index contributed by atoms with van der Waals surface area (Å²) in [4.78, 5) is 5.32. The van der Waals surface area contributed by atoms with Crippen molar-refractivity contribution in [1.29, 1.82) is 0 Å². The third kappa shape index (κ3) is 3.76. The van der Waals surface area contributed by atoms with Crippen molar-refractivity contribution >= 4 is 54.0 Å². The normalized spacial score (nSPS) is 11.4. The van der Waals surface area contributed by atoms with Crippen LogP contribution in [-0.4, -0.2) is 4.98 Å². The van der Waals surface area contributed by atoms with Gasteiger partial charge in [0.2, 0.25) is 0 Å². The van der Waals surface area contributed by atoms with Gasteiger partial charge in [-0.25, -0.2) is 4.98 Å². The zero-order valence-electron chi connectivity index (χ0n) is 21.1. The summed E-state index contributed by atoms with van der Waals surface area (Å²) in [5, 5.41) is 11.2. The predicted octanol–water partition coefficient (Wildman–Crippen LogP) is 10.2. The van der Waals surface area contributed by atoms with Crippen molar-refractivity contribution in [2.75, 3.05) is 0 Å². The van der Waals surface area contributed by atoms with Crippen molar-refractivity contribution in [3.05, 3.63) is 140 Å². The Morgan fingerprint density at radius 2 is 0.846 bits per heavy atom. The quantitative estimate of drug-likeness (QED) is 0.167. The van der Waals surface area contributed by atoms with Crippen LogP contribution >= 0.6 is 0 Å². The van der Waals surface area contributed by atoms with Crippen molar-refractivity contribution in [3.8, 4) is 22.4 Å². The van der Waals surface area contributed by atoms with Gasteiger partial charge < -0.3 is 0 Å². The third-order valence-electron chi connectivity index (χ3n) is 7.84. The number of rotatable bonds is 2. The molecule has 0 aliphatic rings. The van der Waals surface area contributed by atoms with Crippen molar-refractivity contribution in [2.24, 2.45) is 0 Å². The van der Waals surface area contributed by atoms with Crippen LogP contribution in [0.5, 0.6) is 0 Å². The van der Waals surface area contributed by atoms with Crippen molar-refractivity contribution < 1.29 is 20.1 Å². The van der Waals surface area contributed by atoms with E-state index in [4.69, 9.17) is 4.98 Å². The van der Waals surface area contributed by atoms with Crippen LogP contribution in [0.25, 0.3) is 76.4 Å². The van der Waals surface area contributed by atoms with Gasteiger partial charge in [-0.15, -0.1) is 0 Å². The van der Waals surface area contributed by atoms with Gasteiger partial charge in [0, 0.05) is 16.5 Å². The molecule has 1 heterocycles. The Labute approximate surface area is 240 Å². The van der Waals surface area contributed by atoms with E-state index in [2.05, 4.69) is 140 Å². The van der Waals surface area contributed by atoms with Crippen LogP contribution in [0.15, 0.2) is 140 Å². The molecule has 1 aromatic heterocycles. The van der Waals surface area contributed by atoms with Crippen LogP contribution in [-0.2, 0) is 20.1 Å². The molecule has 182 valence electrons. The number of nitrogens with zero attached hydrogens (tertiary/aromatic N) is 1. The molecular formula is C37H23IrN+3. The van der Waals surface area contributed by atoms with Gasteiger partial charge in [-0.05, 0) is 60.8 Å². The number of hydrogen-bond acceptors (Lipinski definition) is 1. The Morgan fingerprint density at radius 1 is 0.333 bits per heavy atom. The summed E-state index contributed by atoms with van der Waals surface area (Å²) in [6, 6.07) is 50.3. The number of aromatic nitrogens is 1. The maximum absolute atomic E-state index is 5.32. The summed E-state index contributed by atoms with van der Waals surface area (Å²) in [6.07, 6.45) is 0. The molecule has 0 radical (unpaired) electrons. The first-order valence-corrected chi connectivity index (χ1v) is 13.1. The molecule has 1 nitrogen and oxygen atoms in total. The van der Waals surface area contributed by atoms with Crippen LogP contribution < -0.4 is 0 Å². The van der Waals surface area contributed by atoms with Crippen LogP contribution in [0.3, 0.4) is 0 Å². The summed E-state index contributed by atoms with van der Waals surface area (Å²) < 4.78 is 0. The van der Waals surface area contributed by atoms with Gasteiger partial charge in [0.25, 0.3) is 0 Å². The number of para-hydroxylation sites is 1. The first kappa shape index (κ1) is 23.7. The Bertz CT molecular complexity index is 2040. The summed E-state index contributed by atoms with van der Waals surface area (Å²) in [5.74, 6) is 0. The predicted molar refractivity (Wildman–Crippen MR) is 163 cm³/mol. The molecule has 0 N–H and O–H groups in total. The fraction of sp³-hybridized carbons (Fsp3) is 0. The molecular weight excluding hydrogens is 651 g/mol. The fourth-order valence-corrected chi connectivity index (χ4v) is 6.05. The van der Waals surface area contributed by atoms with Gasteiger partial charge in [-0.2, -0.15) is 0 Å². The molecule has 0 amide bonds. The van der Waals surface area contributed by atoms with E-state index in [0.717, 1.165) is 27.7 Å². The first-order chi connectivity index (χ1) is 18.8. The minimum atomic E-state index is 0. The standard InChI is InChI=1S/C37H23N.Ir/c1-4-12-27-24(9-1)19-21-32-29(27)14-7-16-31(32)35-23-26-11-3-6-18-36(26)38-37(35)34-17-8-15-30-28-13-5-2-10-25(28)20-22-33(30)34;/h1-23H;/q;+3. The molecule has 0 saturated heterocycles. The molecule has 0 spiro atoms. The Morgan fingerprint density at radius 3 is 1.51 bits per heavy atom. The molecule has 8 aromatic rings. The second-order valence-corrected chi connectivity index (χ2v) is 9.95. The average Bonchev–Trinajstić information content (AvgIpc) is 2.99. The molecule has 0 unspecified atom stereocenters. The molecule has 2 heteroatoms. The van der Waals surface area contributed by atoms with E-state index >= 15 is 0 Å². The van der Waals surface area contributed by atoms with Crippen LogP contribution in [0.2, 0.25) is 0 Å². The van der Waals surface area contributed by atoms with E-state index in [1.54, 1.807) is 0 Å². The second-order valence-electron chi connectivity index (χ2n) is 9.95. The summed E-state index contributed by atoms with van der Waals surface area (Å²) in [6.45, 7) is 0. The Hall–Kier alpha value is -4.36. The van der Waals surface area contributed by atoms with E-state index in [-0.39, 0.29) is 20.1 Å². The minimum absolute atomic E-state index is 0. The monoisotopic (exact) mass is 674 g/mol. The number of pyridine rings is 1. The SMILES string of the molecule is [Ir+3].c1ccc2nc(-c3cccc4c3ccc3ccccc34)c(-c3cccc4c3ccc3ccccc34)cc2c1. The van der Waals surface area contributed by atoms with Gasteiger partial charge in [-0.3, -0.25) is 0 Å². The molecule has 8 rings (SSSR count). The largest absolute Gasteiger partial charge is 3.00 e. The minimum Gasteiger partial charge on any atom is -0.247 e. The van der Waals surface area contributed by atoms with Crippen molar-refractivity contribution in [3.63, 3.8) is 0 Å². The van der Waals surface area contributed by atoms with E-state index in [1.807, 2.05) is 0 Å². The summed E-state index contributed by atoms with van der Waals surface area (Å²) >= 11 is 0. The summed E-state index contributed by atoms with van der Waals surface area (Å²) in [5.41, 5.74) is 5.55. The van der Waals surface area contributed by atoms with E-state index < -0.39 is 0 Å². The molecule has 0 aliphatic heterocycles.